The molecule has 0 spiro atoms. The zero-order chi connectivity index (χ0) is 14.4. The predicted molar refractivity (Wildman–Crippen MR) is 72.1 cm³/mol. The molecule has 1 aliphatic carbocycles. The Balaban J connectivity index is 2.02. The van der Waals surface area contributed by atoms with Gasteiger partial charge in [-0.3, -0.25) is 9.59 Å². The van der Waals surface area contributed by atoms with Crippen LogP contribution in [-0.4, -0.2) is 33.5 Å². The van der Waals surface area contributed by atoms with E-state index >= 15 is 0 Å². The van der Waals surface area contributed by atoms with Crippen molar-refractivity contribution >= 4 is 11.9 Å². The van der Waals surface area contributed by atoms with Crippen LogP contribution in [0, 0.1) is 5.41 Å². The fraction of sp³-hybridized carbons (Fsp3) is 0.571. The zero-order valence-electron chi connectivity index (χ0n) is 11.3. The molecule has 0 aromatic carbocycles. The first-order valence-corrected chi connectivity index (χ1v) is 6.91. The summed E-state index contributed by atoms with van der Waals surface area (Å²) >= 11 is 0. The lowest BCUT2D eigenvalue weighted by Crippen LogP contribution is -2.43. The number of nitrogens with one attached hydrogen (secondary N) is 1. The van der Waals surface area contributed by atoms with Gasteiger partial charge in [0.2, 0.25) is 0 Å². The maximum absolute atomic E-state index is 12.0. The monoisotopic (exact) mass is 277 g/mol. The second-order valence-corrected chi connectivity index (χ2v) is 5.31. The molecule has 108 valence electrons. The topological polar surface area (TPSA) is 92.2 Å². The van der Waals surface area contributed by atoms with Gasteiger partial charge in [0.25, 0.3) is 5.91 Å². The third-order valence-electron chi connectivity index (χ3n) is 3.92. The van der Waals surface area contributed by atoms with E-state index in [-0.39, 0.29) is 12.5 Å². The van der Waals surface area contributed by atoms with Crippen molar-refractivity contribution in [1.29, 1.82) is 0 Å². The van der Waals surface area contributed by atoms with E-state index < -0.39 is 11.4 Å². The third-order valence-corrected chi connectivity index (χ3v) is 3.92. The molecule has 0 atom stereocenters. The molecule has 1 heterocycles. The highest BCUT2D eigenvalue weighted by molar-refractivity contribution is 5.93. The number of carbonyl (C=O) groups is 2. The largest absolute Gasteiger partial charge is 0.481 e. The van der Waals surface area contributed by atoms with Gasteiger partial charge >= 0.3 is 5.97 Å². The molecule has 2 rings (SSSR count). The van der Waals surface area contributed by atoms with Gasteiger partial charge in [0.05, 0.1) is 11.0 Å². The van der Waals surface area contributed by atoms with Crippen LogP contribution in [0.15, 0.2) is 18.7 Å². The SMILES string of the molecule is O=C(NCC1(C(=O)O)CCCCCC1)c1cncnc1. The Kier molecular flexibility index (Phi) is 4.65. The minimum atomic E-state index is -0.832. The van der Waals surface area contributed by atoms with Crippen LogP contribution in [0.25, 0.3) is 0 Å². The Morgan fingerprint density at radius 2 is 1.75 bits per heavy atom. The van der Waals surface area contributed by atoms with Gasteiger partial charge in [0.1, 0.15) is 6.33 Å². The molecule has 1 saturated carbocycles. The van der Waals surface area contributed by atoms with Gasteiger partial charge in [-0.15, -0.1) is 0 Å². The predicted octanol–water partition coefficient (Wildman–Crippen LogP) is 1.63. The first-order chi connectivity index (χ1) is 9.64. The van der Waals surface area contributed by atoms with Gasteiger partial charge in [-0.05, 0) is 12.8 Å². The van der Waals surface area contributed by atoms with Gasteiger partial charge in [0, 0.05) is 18.9 Å². The maximum Gasteiger partial charge on any atom is 0.311 e. The quantitative estimate of drug-likeness (QED) is 0.816. The second kappa shape index (κ2) is 6.45. The molecule has 0 aliphatic heterocycles. The molecule has 0 saturated heterocycles. The van der Waals surface area contributed by atoms with Gasteiger partial charge in [-0.25, -0.2) is 9.97 Å². The third kappa shape index (κ3) is 3.31. The van der Waals surface area contributed by atoms with E-state index in [0.717, 1.165) is 25.7 Å². The van der Waals surface area contributed by atoms with Gasteiger partial charge < -0.3 is 10.4 Å². The number of carboxylic acid groups (broad SMARTS) is 1. The molecule has 0 bridgehead atoms. The first kappa shape index (κ1) is 14.4. The van der Waals surface area contributed by atoms with Crippen molar-refractivity contribution < 1.29 is 14.7 Å². The Morgan fingerprint density at radius 1 is 1.15 bits per heavy atom. The summed E-state index contributed by atoms with van der Waals surface area (Å²) in [7, 11) is 0. The van der Waals surface area contributed by atoms with Crippen LogP contribution in [-0.2, 0) is 4.79 Å². The lowest BCUT2D eigenvalue weighted by molar-refractivity contribution is -0.149. The summed E-state index contributed by atoms with van der Waals surface area (Å²) < 4.78 is 0. The average Bonchev–Trinajstić information content (AvgIpc) is 2.72. The highest BCUT2D eigenvalue weighted by Crippen LogP contribution is 2.34. The lowest BCUT2D eigenvalue weighted by Gasteiger charge is -2.28. The van der Waals surface area contributed by atoms with E-state index in [1.165, 1.54) is 18.7 Å². The molecule has 0 unspecified atom stereocenters. The van der Waals surface area contributed by atoms with Crippen molar-refractivity contribution in [2.45, 2.75) is 38.5 Å². The molecule has 6 nitrogen and oxygen atoms in total. The second-order valence-electron chi connectivity index (χ2n) is 5.31. The van der Waals surface area contributed by atoms with Crippen molar-refractivity contribution in [3.63, 3.8) is 0 Å². The fourth-order valence-electron chi connectivity index (χ4n) is 2.64. The smallest absolute Gasteiger partial charge is 0.311 e. The fourth-order valence-corrected chi connectivity index (χ4v) is 2.64. The minimum Gasteiger partial charge on any atom is -0.481 e. The summed E-state index contributed by atoms with van der Waals surface area (Å²) in [5, 5.41) is 12.2. The average molecular weight is 277 g/mol. The van der Waals surface area contributed by atoms with E-state index in [0.29, 0.717) is 18.4 Å². The number of hydrogen-bond acceptors (Lipinski definition) is 4. The molecule has 0 radical (unpaired) electrons. The van der Waals surface area contributed by atoms with Crippen molar-refractivity contribution in [2.75, 3.05) is 6.54 Å². The number of aliphatic carboxylic acids is 1. The van der Waals surface area contributed by atoms with E-state index in [4.69, 9.17) is 0 Å². The van der Waals surface area contributed by atoms with Crippen molar-refractivity contribution in [1.82, 2.24) is 15.3 Å². The summed E-state index contributed by atoms with van der Waals surface area (Å²) in [5.74, 6) is -1.14. The minimum absolute atomic E-state index is 0.163. The summed E-state index contributed by atoms with van der Waals surface area (Å²) in [6, 6.07) is 0. The van der Waals surface area contributed by atoms with Crippen LogP contribution in [0.5, 0.6) is 0 Å². The molecular weight excluding hydrogens is 258 g/mol. The standard InChI is InChI=1S/C14H19N3O3/c18-12(11-7-15-10-16-8-11)17-9-14(13(19)20)5-3-1-2-4-6-14/h7-8,10H,1-6,9H2,(H,17,18)(H,19,20). The van der Waals surface area contributed by atoms with Crippen molar-refractivity contribution in [2.24, 2.45) is 5.41 Å². The van der Waals surface area contributed by atoms with Crippen LogP contribution in [0.3, 0.4) is 0 Å². The number of hydrogen-bond donors (Lipinski definition) is 2. The normalized spacial score (nSPS) is 18.0. The molecule has 20 heavy (non-hydrogen) atoms. The van der Waals surface area contributed by atoms with Crippen LogP contribution < -0.4 is 5.32 Å². The molecule has 2 N–H and O–H groups in total. The van der Waals surface area contributed by atoms with Crippen LogP contribution in [0.1, 0.15) is 48.9 Å². The highest BCUT2D eigenvalue weighted by atomic mass is 16.4. The Bertz CT molecular complexity index is 468. The Labute approximate surface area is 117 Å². The lowest BCUT2D eigenvalue weighted by atomic mass is 9.80. The number of amides is 1. The molecular formula is C14H19N3O3. The molecule has 1 aliphatic rings. The number of aromatic nitrogens is 2. The maximum atomic E-state index is 12.0. The van der Waals surface area contributed by atoms with Gasteiger partial charge in [0.15, 0.2) is 0 Å². The summed E-state index contributed by atoms with van der Waals surface area (Å²) in [6.07, 6.45) is 9.35. The summed E-state index contributed by atoms with van der Waals surface area (Å²) in [5.41, 5.74) is -0.483. The van der Waals surface area contributed by atoms with E-state index in [9.17, 15) is 14.7 Å². The number of nitrogens with zero attached hydrogens (tertiary/aromatic N) is 2. The first-order valence-electron chi connectivity index (χ1n) is 6.91. The molecule has 6 heteroatoms. The van der Waals surface area contributed by atoms with Crippen molar-refractivity contribution in [3.05, 3.63) is 24.3 Å². The molecule has 1 aromatic rings. The summed E-state index contributed by atoms with van der Waals surface area (Å²) in [6.45, 7) is 0.163. The van der Waals surface area contributed by atoms with Crippen molar-refractivity contribution in [3.8, 4) is 0 Å². The van der Waals surface area contributed by atoms with Crippen LogP contribution in [0.2, 0.25) is 0 Å². The van der Waals surface area contributed by atoms with Crippen LogP contribution in [0.4, 0.5) is 0 Å². The summed E-state index contributed by atoms with van der Waals surface area (Å²) in [4.78, 5) is 31.1. The van der Waals surface area contributed by atoms with E-state index in [1.807, 2.05) is 0 Å². The van der Waals surface area contributed by atoms with E-state index in [1.54, 1.807) is 0 Å². The highest BCUT2D eigenvalue weighted by Gasteiger charge is 2.38. The number of rotatable bonds is 4. The van der Waals surface area contributed by atoms with Gasteiger partial charge in [-0.1, -0.05) is 25.7 Å². The van der Waals surface area contributed by atoms with Crippen LogP contribution >= 0.6 is 0 Å². The Hall–Kier alpha value is -1.98. The number of carbonyl (C=O) groups excluding carboxylic acids is 1. The molecule has 1 amide bonds. The molecule has 1 aromatic heterocycles. The zero-order valence-corrected chi connectivity index (χ0v) is 11.3. The molecule has 1 fully saturated rings. The van der Waals surface area contributed by atoms with Gasteiger partial charge in [-0.2, -0.15) is 0 Å². The Morgan fingerprint density at radius 3 is 2.30 bits per heavy atom. The number of carboxylic acids is 1. The van der Waals surface area contributed by atoms with E-state index in [2.05, 4.69) is 15.3 Å².